The van der Waals surface area contributed by atoms with E-state index < -0.39 is 0 Å². The number of esters is 1. The van der Waals surface area contributed by atoms with Crippen LogP contribution in [0.2, 0.25) is 0 Å². The van der Waals surface area contributed by atoms with Crippen molar-refractivity contribution in [2.24, 2.45) is 0 Å². The van der Waals surface area contributed by atoms with Gasteiger partial charge in [0.1, 0.15) is 6.61 Å². The summed E-state index contributed by atoms with van der Waals surface area (Å²) >= 11 is 0. The average molecular weight is 246 g/mol. The lowest BCUT2D eigenvalue weighted by Gasteiger charge is -2.27. The lowest BCUT2D eigenvalue weighted by atomic mass is 10.1. The summed E-state index contributed by atoms with van der Waals surface area (Å²) in [7, 11) is 0. The van der Waals surface area contributed by atoms with E-state index in [1.54, 1.807) is 0 Å². The second-order valence-corrected chi connectivity index (χ2v) is 4.95. The van der Waals surface area contributed by atoms with Crippen molar-refractivity contribution in [1.29, 1.82) is 0 Å². The lowest BCUT2D eigenvalue weighted by molar-refractivity contribution is 0.0535. The van der Waals surface area contributed by atoms with Gasteiger partial charge in [-0.3, -0.25) is 5.43 Å². The highest BCUT2D eigenvalue weighted by atomic mass is 16.5. The molecule has 0 unspecified atom stereocenters. The van der Waals surface area contributed by atoms with E-state index in [9.17, 15) is 4.79 Å². The Morgan fingerprint density at radius 1 is 1.22 bits per heavy atom. The number of nitrogens with zero attached hydrogens (tertiary/aromatic N) is 1. The van der Waals surface area contributed by atoms with Crippen LogP contribution in [0.4, 0.5) is 0 Å². The van der Waals surface area contributed by atoms with Crippen LogP contribution in [-0.2, 0) is 17.9 Å². The monoisotopic (exact) mass is 246 g/mol. The van der Waals surface area contributed by atoms with Crippen LogP contribution in [0, 0.1) is 0 Å². The van der Waals surface area contributed by atoms with E-state index in [0.717, 1.165) is 30.8 Å². The summed E-state index contributed by atoms with van der Waals surface area (Å²) in [6.45, 7) is 3.51. The summed E-state index contributed by atoms with van der Waals surface area (Å²) in [4.78, 5) is 11.3. The minimum atomic E-state index is -0.194. The van der Waals surface area contributed by atoms with Gasteiger partial charge in [0.2, 0.25) is 0 Å². The number of ether oxygens (including phenoxy) is 1. The topological polar surface area (TPSA) is 41.6 Å². The second kappa shape index (κ2) is 5.08. The van der Waals surface area contributed by atoms with Crippen LogP contribution in [-0.4, -0.2) is 24.1 Å². The van der Waals surface area contributed by atoms with Gasteiger partial charge in [0.05, 0.1) is 5.56 Å². The number of nitrogens with one attached hydrogen (secondary N) is 1. The minimum Gasteiger partial charge on any atom is -0.457 e. The van der Waals surface area contributed by atoms with Gasteiger partial charge in [-0.1, -0.05) is 18.6 Å². The van der Waals surface area contributed by atoms with E-state index in [1.165, 1.54) is 24.8 Å². The standard InChI is InChI=1S/C14H18N2O2/c17-14-13-5-4-11(8-12(13)10-18-14)9-15-16-6-2-1-3-7-16/h4-5,8,15H,1-3,6-7,9-10H2. The highest BCUT2D eigenvalue weighted by Gasteiger charge is 2.20. The van der Waals surface area contributed by atoms with Crippen molar-refractivity contribution >= 4 is 5.97 Å². The Morgan fingerprint density at radius 3 is 2.89 bits per heavy atom. The quantitative estimate of drug-likeness (QED) is 0.826. The first kappa shape index (κ1) is 11.7. The average Bonchev–Trinajstić information content (AvgIpc) is 2.79. The van der Waals surface area contributed by atoms with Crippen LogP contribution in [0.15, 0.2) is 18.2 Å². The van der Waals surface area contributed by atoms with Crippen LogP contribution in [0.25, 0.3) is 0 Å². The molecule has 4 nitrogen and oxygen atoms in total. The molecule has 1 aromatic rings. The number of hydrazine groups is 1. The molecule has 2 aliphatic rings. The van der Waals surface area contributed by atoms with E-state index in [0.29, 0.717) is 6.61 Å². The fourth-order valence-corrected chi connectivity index (χ4v) is 2.55. The molecule has 96 valence electrons. The molecule has 3 rings (SSSR count). The highest BCUT2D eigenvalue weighted by molar-refractivity contribution is 5.93. The number of hydrogen-bond donors (Lipinski definition) is 1. The smallest absolute Gasteiger partial charge is 0.338 e. The molecular formula is C14H18N2O2. The zero-order valence-corrected chi connectivity index (χ0v) is 10.4. The first-order valence-corrected chi connectivity index (χ1v) is 6.60. The summed E-state index contributed by atoms with van der Waals surface area (Å²) in [6.07, 6.45) is 3.90. The molecule has 0 amide bonds. The Morgan fingerprint density at radius 2 is 2.06 bits per heavy atom. The molecule has 0 saturated carbocycles. The van der Waals surface area contributed by atoms with E-state index in [4.69, 9.17) is 4.74 Å². The lowest BCUT2D eigenvalue weighted by Crippen LogP contribution is -2.41. The highest BCUT2D eigenvalue weighted by Crippen LogP contribution is 2.21. The Labute approximate surface area is 107 Å². The summed E-state index contributed by atoms with van der Waals surface area (Å²) in [6, 6.07) is 5.94. The second-order valence-electron chi connectivity index (χ2n) is 4.95. The van der Waals surface area contributed by atoms with Gasteiger partial charge in [-0.15, -0.1) is 0 Å². The minimum absolute atomic E-state index is 0.194. The number of piperidine rings is 1. The van der Waals surface area contributed by atoms with Crippen molar-refractivity contribution in [3.05, 3.63) is 34.9 Å². The fourth-order valence-electron chi connectivity index (χ4n) is 2.55. The molecule has 1 N–H and O–H groups in total. The van der Waals surface area contributed by atoms with Crippen molar-refractivity contribution in [3.63, 3.8) is 0 Å². The normalized spacial score (nSPS) is 19.7. The number of benzene rings is 1. The molecule has 4 heteroatoms. The molecule has 18 heavy (non-hydrogen) atoms. The first-order chi connectivity index (χ1) is 8.83. The van der Waals surface area contributed by atoms with Crippen LogP contribution in [0.3, 0.4) is 0 Å². The summed E-state index contributed by atoms with van der Waals surface area (Å²) in [5.41, 5.74) is 6.39. The van der Waals surface area contributed by atoms with Gasteiger partial charge in [0.15, 0.2) is 0 Å². The Kier molecular flexibility index (Phi) is 3.30. The largest absolute Gasteiger partial charge is 0.457 e. The molecule has 0 aromatic heterocycles. The summed E-state index contributed by atoms with van der Waals surface area (Å²) < 4.78 is 5.00. The first-order valence-electron chi connectivity index (χ1n) is 6.60. The summed E-state index contributed by atoms with van der Waals surface area (Å²) in [5.74, 6) is -0.194. The van der Waals surface area contributed by atoms with Gasteiger partial charge in [-0.25, -0.2) is 9.80 Å². The SMILES string of the molecule is O=C1OCc2cc(CNN3CCCCC3)ccc21. The predicted octanol–water partition coefficient (Wildman–Crippen LogP) is 1.85. The van der Waals surface area contributed by atoms with E-state index in [-0.39, 0.29) is 5.97 Å². The molecule has 2 aliphatic heterocycles. The number of rotatable bonds is 3. The molecule has 0 radical (unpaired) electrons. The number of carbonyl (C=O) groups excluding carboxylic acids is 1. The third-order valence-electron chi connectivity index (χ3n) is 3.61. The molecule has 2 heterocycles. The van der Waals surface area contributed by atoms with Gasteiger partial charge >= 0.3 is 5.97 Å². The Bertz CT molecular complexity index is 453. The van der Waals surface area contributed by atoms with Crippen LogP contribution < -0.4 is 5.43 Å². The molecular weight excluding hydrogens is 228 g/mol. The molecule has 1 aromatic carbocycles. The molecule has 1 fully saturated rings. The molecule has 0 spiro atoms. The van der Waals surface area contributed by atoms with Gasteiger partial charge in [0.25, 0.3) is 0 Å². The van der Waals surface area contributed by atoms with Crippen LogP contribution in [0.5, 0.6) is 0 Å². The van der Waals surface area contributed by atoms with E-state index in [2.05, 4.69) is 16.5 Å². The Hall–Kier alpha value is -1.39. The summed E-state index contributed by atoms with van der Waals surface area (Å²) in [5, 5.41) is 2.29. The Balaban J connectivity index is 1.61. The van der Waals surface area contributed by atoms with Gasteiger partial charge in [-0.05, 0) is 24.5 Å². The van der Waals surface area contributed by atoms with Crippen molar-refractivity contribution in [3.8, 4) is 0 Å². The zero-order chi connectivity index (χ0) is 12.4. The maximum Gasteiger partial charge on any atom is 0.338 e. The van der Waals surface area contributed by atoms with Crippen molar-refractivity contribution in [2.45, 2.75) is 32.4 Å². The van der Waals surface area contributed by atoms with Gasteiger partial charge < -0.3 is 4.74 Å². The number of cyclic esters (lactones) is 1. The number of hydrogen-bond acceptors (Lipinski definition) is 4. The predicted molar refractivity (Wildman–Crippen MR) is 67.8 cm³/mol. The zero-order valence-electron chi connectivity index (χ0n) is 10.4. The number of carbonyl (C=O) groups is 1. The fraction of sp³-hybridized carbons (Fsp3) is 0.500. The molecule has 0 bridgehead atoms. The van der Waals surface area contributed by atoms with Crippen molar-refractivity contribution < 1.29 is 9.53 Å². The van der Waals surface area contributed by atoms with Gasteiger partial charge in [-0.2, -0.15) is 0 Å². The molecule has 1 saturated heterocycles. The third kappa shape index (κ3) is 2.40. The van der Waals surface area contributed by atoms with Crippen LogP contribution >= 0.6 is 0 Å². The van der Waals surface area contributed by atoms with Crippen LogP contribution in [0.1, 0.15) is 40.7 Å². The molecule has 0 aliphatic carbocycles. The maximum atomic E-state index is 11.3. The maximum absolute atomic E-state index is 11.3. The number of fused-ring (bicyclic) bond motifs is 1. The van der Waals surface area contributed by atoms with Crippen molar-refractivity contribution in [2.75, 3.05) is 13.1 Å². The van der Waals surface area contributed by atoms with E-state index >= 15 is 0 Å². The molecule has 0 atom stereocenters. The van der Waals surface area contributed by atoms with Gasteiger partial charge in [0, 0.05) is 25.2 Å². The van der Waals surface area contributed by atoms with Crippen molar-refractivity contribution in [1.82, 2.24) is 10.4 Å². The van der Waals surface area contributed by atoms with E-state index in [1.807, 2.05) is 12.1 Å². The third-order valence-corrected chi connectivity index (χ3v) is 3.61.